The van der Waals surface area contributed by atoms with Gasteiger partial charge in [-0.05, 0) is 55.3 Å². The summed E-state index contributed by atoms with van der Waals surface area (Å²) in [5.41, 5.74) is 2.31. The highest BCUT2D eigenvalue weighted by atomic mass is 32.1. The zero-order valence-corrected chi connectivity index (χ0v) is 16.0. The van der Waals surface area contributed by atoms with E-state index in [-0.39, 0.29) is 22.5 Å². The van der Waals surface area contributed by atoms with Crippen LogP contribution in [-0.2, 0) is 9.53 Å². The number of thiophene rings is 1. The molecule has 1 atom stereocenters. The zero-order valence-electron chi connectivity index (χ0n) is 15.2. The average Bonchev–Trinajstić information content (AvgIpc) is 3.17. The zero-order chi connectivity index (χ0) is 20.0. The van der Waals surface area contributed by atoms with Crippen molar-refractivity contribution in [1.82, 2.24) is 0 Å². The number of Topliss-reactive ketones (excluding diaryl/α,β-unsaturated/α-hetero) is 1. The number of ether oxygens (including phenoxy) is 1. The van der Waals surface area contributed by atoms with Crippen LogP contribution in [0.5, 0.6) is 0 Å². The monoisotopic (exact) mass is 397 g/mol. The van der Waals surface area contributed by atoms with Crippen LogP contribution < -0.4 is 5.32 Å². The first kappa shape index (κ1) is 18.3. The van der Waals surface area contributed by atoms with Gasteiger partial charge < -0.3 is 10.1 Å². The largest absolute Gasteiger partial charge is 0.453 e. The molecule has 1 aliphatic heterocycles. The standard InChI is InChI=1S/C21H16FNO4S/c1-10-13-8-12(6-7-15(13)23-20(10)25)16(24)9-27-21(26)19-11(2)18-14(22)4-3-5-17(18)28-19/h3-8,10H,9H2,1-2H3,(H,23,25)/t10-/m1/s1. The highest BCUT2D eigenvalue weighted by Crippen LogP contribution is 2.34. The summed E-state index contributed by atoms with van der Waals surface area (Å²) >= 11 is 1.14. The molecular formula is C21H16FNO4S. The fourth-order valence-electron chi connectivity index (χ4n) is 3.32. The topological polar surface area (TPSA) is 72.5 Å². The van der Waals surface area contributed by atoms with Gasteiger partial charge in [0.2, 0.25) is 5.91 Å². The van der Waals surface area contributed by atoms with E-state index in [1.165, 1.54) is 6.07 Å². The average molecular weight is 397 g/mol. The third-order valence-corrected chi connectivity index (χ3v) is 6.15. The summed E-state index contributed by atoms with van der Waals surface area (Å²) in [5, 5.41) is 3.14. The van der Waals surface area contributed by atoms with E-state index in [2.05, 4.69) is 5.32 Å². The molecule has 5 nitrogen and oxygen atoms in total. The van der Waals surface area contributed by atoms with Gasteiger partial charge in [0.05, 0.1) is 5.92 Å². The summed E-state index contributed by atoms with van der Waals surface area (Å²) in [7, 11) is 0. The minimum absolute atomic E-state index is 0.113. The smallest absolute Gasteiger partial charge is 0.349 e. The number of halogens is 1. The van der Waals surface area contributed by atoms with E-state index in [9.17, 15) is 18.8 Å². The molecule has 2 aromatic carbocycles. The molecule has 0 fully saturated rings. The van der Waals surface area contributed by atoms with Crippen LogP contribution in [0.25, 0.3) is 10.1 Å². The molecule has 7 heteroatoms. The number of carbonyl (C=O) groups is 3. The normalized spacial score (nSPS) is 15.4. The first-order chi connectivity index (χ1) is 13.4. The van der Waals surface area contributed by atoms with Gasteiger partial charge in [-0.2, -0.15) is 0 Å². The molecule has 0 unspecified atom stereocenters. The maximum atomic E-state index is 14.0. The Balaban J connectivity index is 1.50. The van der Waals surface area contributed by atoms with Crippen molar-refractivity contribution in [3.05, 3.63) is 63.8 Å². The third-order valence-electron chi connectivity index (χ3n) is 4.91. The number of ketones is 1. The summed E-state index contributed by atoms with van der Waals surface area (Å²) in [6.45, 7) is 2.99. The predicted molar refractivity (Wildman–Crippen MR) is 105 cm³/mol. The Hall–Kier alpha value is -3.06. The lowest BCUT2D eigenvalue weighted by Crippen LogP contribution is -2.14. The Kier molecular flexibility index (Phi) is 4.47. The number of fused-ring (bicyclic) bond motifs is 2. The third kappa shape index (κ3) is 2.97. The molecule has 1 amide bonds. The number of nitrogens with one attached hydrogen (secondary N) is 1. The lowest BCUT2D eigenvalue weighted by molar-refractivity contribution is -0.116. The van der Waals surface area contributed by atoms with Crippen LogP contribution in [0.3, 0.4) is 0 Å². The van der Waals surface area contributed by atoms with Crippen LogP contribution >= 0.6 is 11.3 Å². The molecule has 28 heavy (non-hydrogen) atoms. The molecule has 0 saturated heterocycles. The van der Waals surface area contributed by atoms with Gasteiger partial charge in [0, 0.05) is 21.3 Å². The fraction of sp³-hybridized carbons (Fsp3) is 0.190. The Morgan fingerprint density at radius 1 is 1.25 bits per heavy atom. The Morgan fingerprint density at radius 2 is 2.04 bits per heavy atom. The van der Waals surface area contributed by atoms with Crippen LogP contribution in [-0.4, -0.2) is 24.3 Å². The predicted octanol–water partition coefficient (Wildman–Crippen LogP) is 4.44. The molecule has 4 rings (SSSR count). The van der Waals surface area contributed by atoms with Crippen molar-refractivity contribution in [2.45, 2.75) is 19.8 Å². The number of aryl methyl sites for hydroxylation is 1. The number of amides is 1. The Morgan fingerprint density at radius 3 is 2.79 bits per heavy atom. The second-order valence-electron chi connectivity index (χ2n) is 6.68. The van der Waals surface area contributed by atoms with Crippen LogP contribution in [0.1, 0.15) is 44.0 Å². The highest BCUT2D eigenvalue weighted by molar-refractivity contribution is 7.21. The molecule has 1 aliphatic rings. The van der Waals surface area contributed by atoms with Crippen LogP contribution in [0.2, 0.25) is 0 Å². The number of esters is 1. The molecule has 0 saturated carbocycles. The van der Waals surface area contributed by atoms with Crippen LogP contribution in [0, 0.1) is 12.7 Å². The quantitative estimate of drug-likeness (QED) is 0.522. The number of benzene rings is 2. The van der Waals surface area contributed by atoms with Gasteiger partial charge in [-0.3, -0.25) is 9.59 Å². The molecule has 142 valence electrons. The highest BCUT2D eigenvalue weighted by Gasteiger charge is 2.27. The second-order valence-corrected chi connectivity index (χ2v) is 7.73. The molecule has 1 N–H and O–H groups in total. The number of hydrogen-bond donors (Lipinski definition) is 1. The van der Waals surface area contributed by atoms with Crippen molar-refractivity contribution < 1.29 is 23.5 Å². The summed E-state index contributed by atoms with van der Waals surface area (Å²) in [6.07, 6.45) is 0. The number of carbonyl (C=O) groups excluding carboxylic acids is 3. The van der Waals surface area contributed by atoms with Crippen molar-refractivity contribution in [2.75, 3.05) is 11.9 Å². The molecule has 3 aromatic rings. The van der Waals surface area contributed by atoms with E-state index in [1.54, 1.807) is 44.2 Å². The van der Waals surface area contributed by atoms with E-state index >= 15 is 0 Å². The van der Waals surface area contributed by atoms with Gasteiger partial charge in [-0.1, -0.05) is 6.07 Å². The number of anilines is 1. The SMILES string of the molecule is Cc1c(C(=O)OCC(=O)c2ccc3c(c2)[C@@H](C)C(=O)N3)sc2cccc(F)c12. The number of hydrogen-bond acceptors (Lipinski definition) is 5. The van der Waals surface area contributed by atoms with Gasteiger partial charge in [-0.15, -0.1) is 11.3 Å². The van der Waals surface area contributed by atoms with Crippen molar-refractivity contribution in [3.63, 3.8) is 0 Å². The maximum absolute atomic E-state index is 14.0. The van der Waals surface area contributed by atoms with Crippen molar-refractivity contribution in [2.24, 2.45) is 0 Å². The lowest BCUT2D eigenvalue weighted by atomic mass is 9.99. The Labute approximate surface area is 164 Å². The molecule has 0 aliphatic carbocycles. The number of rotatable bonds is 4. The summed E-state index contributed by atoms with van der Waals surface area (Å²) < 4.78 is 19.8. The molecule has 0 spiro atoms. The molecule has 0 bridgehead atoms. The molecule has 2 heterocycles. The van der Waals surface area contributed by atoms with E-state index in [4.69, 9.17) is 4.74 Å². The van der Waals surface area contributed by atoms with Gasteiger partial charge >= 0.3 is 5.97 Å². The van der Waals surface area contributed by atoms with E-state index < -0.39 is 18.4 Å². The second kappa shape index (κ2) is 6.83. The lowest BCUT2D eigenvalue weighted by Gasteiger charge is -2.07. The first-order valence-electron chi connectivity index (χ1n) is 8.69. The molecular weight excluding hydrogens is 381 g/mol. The van der Waals surface area contributed by atoms with E-state index in [1.807, 2.05) is 0 Å². The van der Waals surface area contributed by atoms with E-state index in [0.717, 1.165) is 16.9 Å². The molecule has 0 radical (unpaired) electrons. The molecule has 1 aromatic heterocycles. The van der Waals surface area contributed by atoms with Gasteiger partial charge in [0.15, 0.2) is 12.4 Å². The summed E-state index contributed by atoms with van der Waals surface area (Å²) in [6, 6.07) is 9.57. The summed E-state index contributed by atoms with van der Waals surface area (Å²) in [4.78, 5) is 36.9. The van der Waals surface area contributed by atoms with Crippen molar-refractivity contribution in [1.29, 1.82) is 0 Å². The van der Waals surface area contributed by atoms with Gasteiger partial charge in [0.1, 0.15) is 10.7 Å². The van der Waals surface area contributed by atoms with Crippen molar-refractivity contribution >= 4 is 44.8 Å². The summed E-state index contributed by atoms with van der Waals surface area (Å²) in [5.74, 6) is -1.86. The van der Waals surface area contributed by atoms with Gasteiger partial charge in [-0.25, -0.2) is 9.18 Å². The maximum Gasteiger partial charge on any atom is 0.349 e. The minimum Gasteiger partial charge on any atom is -0.453 e. The van der Waals surface area contributed by atoms with Crippen LogP contribution in [0.4, 0.5) is 10.1 Å². The minimum atomic E-state index is -0.655. The van der Waals surface area contributed by atoms with Crippen molar-refractivity contribution in [3.8, 4) is 0 Å². The van der Waals surface area contributed by atoms with Crippen LogP contribution in [0.15, 0.2) is 36.4 Å². The fourth-order valence-corrected chi connectivity index (χ4v) is 4.44. The van der Waals surface area contributed by atoms with E-state index in [0.29, 0.717) is 26.9 Å². The first-order valence-corrected chi connectivity index (χ1v) is 9.51. The Bertz CT molecular complexity index is 1150. The van der Waals surface area contributed by atoms with Gasteiger partial charge in [0.25, 0.3) is 0 Å².